The summed E-state index contributed by atoms with van der Waals surface area (Å²) in [7, 11) is 0. The molecule has 0 aliphatic rings. The van der Waals surface area contributed by atoms with Crippen LogP contribution in [-0.2, 0) is 0 Å². The molecular weight excluding hydrogens is 278 g/mol. The number of halogens is 1. The van der Waals surface area contributed by atoms with Gasteiger partial charge in [0.05, 0.1) is 13.1 Å². The molecule has 0 N–H and O–H groups in total. The zero-order valence-corrected chi connectivity index (χ0v) is 13.9. The van der Waals surface area contributed by atoms with Gasteiger partial charge in [0, 0.05) is 0 Å². The predicted octanol–water partition coefficient (Wildman–Crippen LogP) is 2.54. The summed E-state index contributed by atoms with van der Waals surface area (Å²) in [5.74, 6) is 0. The zero-order valence-electron chi connectivity index (χ0n) is 13.1. The Morgan fingerprint density at radius 3 is 1.57 bits per heavy atom. The second-order valence-electron chi connectivity index (χ2n) is 5.39. The van der Waals surface area contributed by atoms with Gasteiger partial charge < -0.3 is 12.4 Å². The van der Waals surface area contributed by atoms with Crippen LogP contribution in [0.4, 0.5) is 11.4 Å². The van der Waals surface area contributed by atoms with Crippen LogP contribution in [0.5, 0.6) is 0 Å². The molecule has 0 bridgehead atoms. The van der Waals surface area contributed by atoms with Crippen LogP contribution in [0, 0.1) is 0 Å². The van der Waals surface area contributed by atoms with E-state index in [4.69, 9.17) is 0 Å². The van der Waals surface area contributed by atoms with Gasteiger partial charge in [-0.05, 0) is 44.0 Å². The fraction of sp³-hybridized carbons (Fsp3) is 0.368. The number of unbranched alkanes of at least 4 members (excludes halogenated alkanes) is 2. The molecule has 0 aromatic heterocycles. The number of quaternary nitrogens is 1. The van der Waals surface area contributed by atoms with E-state index in [0.29, 0.717) is 0 Å². The van der Waals surface area contributed by atoms with E-state index in [1.54, 1.807) is 0 Å². The van der Waals surface area contributed by atoms with Crippen LogP contribution in [0.2, 0.25) is 0 Å². The number of hydrogen-bond donors (Lipinski definition) is 0. The SMILES string of the molecule is CCCCC[N+](CC)(c1ccccc1)c1ccccc1.[Cl-]. The maximum Gasteiger partial charge on any atom is 0.137 e. The molecule has 2 aromatic carbocycles. The average molecular weight is 304 g/mol. The number of rotatable bonds is 7. The van der Waals surface area contributed by atoms with Gasteiger partial charge in [-0.25, -0.2) is 0 Å². The summed E-state index contributed by atoms with van der Waals surface area (Å²) in [6.45, 7) is 6.84. The maximum atomic E-state index is 2.30. The van der Waals surface area contributed by atoms with E-state index in [0.717, 1.165) is 11.0 Å². The van der Waals surface area contributed by atoms with Crippen molar-refractivity contribution in [2.24, 2.45) is 0 Å². The third kappa shape index (κ3) is 4.09. The quantitative estimate of drug-likeness (QED) is 0.545. The van der Waals surface area contributed by atoms with E-state index in [9.17, 15) is 0 Å². The van der Waals surface area contributed by atoms with Crippen molar-refractivity contribution in [1.82, 2.24) is 4.48 Å². The summed E-state index contributed by atoms with van der Waals surface area (Å²) in [6, 6.07) is 21.9. The minimum absolute atomic E-state index is 0. The van der Waals surface area contributed by atoms with Gasteiger partial charge >= 0.3 is 0 Å². The first-order chi connectivity index (χ1) is 9.83. The van der Waals surface area contributed by atoms with Crippen LogP contribution in [-0.4, -0.2) is 13.1 Å². The van der Waals surface area contributed by atoms with Crippen LogP contribution in [0.3, 0.4) is 0 Å². The Balaban J connectivity index is 0.00000220. The molecule has 0 atom stereocenters. The van der Waals surface area contributed by atoms with Crippen LogP contribution in [0.1, 0.15) is 33.1 Å². The van der Waals surface area contributed by atoms with Crippen LogP contribution in [0.25, 0.3) is 0 Å². The van der Waals surface area contributed by atoms with E-state index in [1.165, 1.54) is 37.2 Å². The summed E-state index contributed by atoms with van der Waals surface area (Å²) < 4.78 is 0.960. The van der Waals surface area contributed by atoms with Crippen molar-refractivity contribution in [2.45, 2.75) is 33.1 Å². The van der Waals surface area contributed by atoms with Crippen molar-refractivity contribution in [3.05, 3.63) is 60.7 Å². The highest BCUT2D eigenvalue weighted by atomic mass is 35.5. The van der Waals surface area contributed by atoms with E-state index >= 15 is 0 Å². The van der Waals surface area contributed by atoms with Gasteiger partial charge in [-0.2, -0.15) is 0 Å². The smallest absolute Gasteiger partial charge is 0.137 e. The molecule has 2 rings (SSSR count). The Morgan fingerprint density at radius 1 is 0.714 bits per heavy atom. The maximum absolute atomic E-state index is 2.30. The normalized spacial score (nSPS) is 11.0. The lowest BCUT2D eigenvalue weighted by molar-refractivity contribution is -0.00000416. The third-order valence-corrected chi connectivity index (χ3v) is 4.18. The van der Waals surface area contributed by atoms with Gasteiger partial charge in [-0.1, -0.05) is 49.7 Å². The molecule has 0 saturated heterocycles. The minimum atomic E-state index is 0. The molecule has 2 aromatic rings. The predicted molar refractivity (Wildman–Crippen MR) is 89.3 cm³/mol. The minimum Gasteiger partial charge on any atom is -1.00 e. The Kier molecular flexibility index (Phi) is 7.49. The summed E-state index contributed by atoms with van der Waals surface area (Å²) in [6.07, 6.45) is 3.85. The standard InChI is InChI=1S/C19H26N.ClH/c1-3-5-12-17-20(4-2,18-13-8-6-9-14-18)19-15-10-7-11-16-19;/h6-11,13-16H,3-5,12,17H2,1-2H3;1H/q+1;/p-1. The summed E-state index contributed by atoms with van der Waals surface area (Å²) in [4.78, 5) is 0. The molecule has 0 fully saturated rings. The highest BCUT2D eigenvalue weighted by molar-refractivity contribution is 5.58. The second kappa shape index (κ2) is 8.86. The van der Waals surface area contributed by atoms with Gasteiger partial charge in [0.15, 0.2) is 0 Å². The molecule has 0 amide bonds. The summed E-state index contributed by atoms with van der Waals surface area (Å²) >= 11 is 0. The van der Waals surface area contributed by atoms with Gasteiger partial charge in [-0.15, -0.1) is 0 Å². The lowest BCUT2D eigenvalue weighted by Gasteiger charge is -2.37. The number of benzene rings is 2. The van der Waals surface area contributed by atoms with Crippen molar-refractivity contribution >= 4 is 11.4 Å². The van der Waals surface area contributed by atoms with Crippen molar-refractivity contribution in [3.8, 4) is 0 Å². The first-order valence-electron chi connectivity index (χ1n) is 7.82. The van der Waals surface area contributed by atoms with Gasteiger partial charge in [0.1, 0.15) is 11.4 Å². The topological polar surface area (TPSA) is 0 Å². The van der Waals surface area contributed by atoms with E-state index in [1.807, 2.05) is 0 Å². The van der Waals surface area contributed by atoms with E-state index < -0.39 is 0 Å². The fourth-order valence-electron chi connectivity index (χ4n) is 2.99. The van der Waals surface area contributed by atoms with E-state index in [-0.39, 0.29) is 12.4 Å². The number of para-hydroxylation sites is 2. The van der Waals surface area contributed by atoms with Crippen molar-refractivity contribution in [3.63, 3.8) is 0 Å². The van der Waals surface area contributed by atoms with Crippen LogP contribution in [0.15, 0.2) is 60.7 Å². The largest absolute Gasteiger partial charge is 1.00 e. The van der Waals surface area contributed by atoms with E-state index in [2.05, 4.69) is 74.5 Å². The molecule has 2 heteroatoms. The lowest BCUT2D eigenvalue weighted by Crippen LogP contribution is -3.00. The highest BCUT2D eigenvalue weighted by Gasteiger charge is 2.30. The average Bonchev–Trinajstić information content (AvgIpc) is 2.54. The molecule has 0 radical (unpaired) electrons. The molecule has 0 saturated carbocycles. The van der Waals surface area contributed by atoms with Gasteiger partial charge in [0.25, 0.3) is 0 Å². The molecular formula is C19H26ClN. The molecule has 0 spiro atoms. The molecule has 0 unspecified atom stereocenters. The molecule has 0 aliphatic heterocycles. The zero-order chi connectivity index (χ0) is 14.3. The van der Waals surface area contributed by atoms with Gasteiger partial charge in [0.2, 0.25) is 0 Å². The molecule has 0 heterocycles. The summed E-state index contributed by atoms with van der Waals surface area (Å²) in [5.41, 5.74) is 2.80. The number of hydrogen-bond acceptors (Lipinski definition) is 0. The second-order valence-corrected chi connectivity index (χ2v) is 5.39. The summed E-state index contributed by atoms with van der Waals surface area (Å²) in [5, 5.41) is 0. The molecule has 0 aliphatic carbocycles. The number of nitrogens with zero attached hydrogens (tertiary/aromatic N) is 1. The molecule has 114 valence electrons. The Labute approximate surface area is 135 Å². The third-order valence-electron chi connectivity index (χ3n) is 4.18. The molecule has 1 nitrogen and oxygen atoms in total. The monoisotopic (exact) mass is 303 g/mol. The van der Waals surface area contributed by atoms with Crippen LogP contribution < -0.4 is 16.9 Å². The van der Waals surface area contributed by atoms with Gasteiger partial charge in [-0.3, -0.25) is 4.48 Å². The lowest BCUT2D eigenvalue weighted by atomic mass is 10.1. The first kappa shape index (κ1) is 17.7. The Bertz CT molecular complexity index is 456. The van der Waals surface area contributed by atoms with Crippen molar-refractivity contribution < 1.29 is 12.4 Å². The first-order valence-corrected chi connectivity index (χ1v) is 7.82. The fourth-order valence-corrected chi connectivity index (χ4v) is 2.99. The highest BCUT2D eigenvalue weighted by Crippen LogP contribution is 2.34. The van der Waals surface area contributed by atoms with Crippen molar-refractivity contribution in [1.29, 1.82) is 0 Å². The Hall–Kier alpha value is -1.31. The van der Waals surface area contributed by atoms with Crippen LogP contribution >= 0.6 is 0 Å². The molecule has 21 heavy (non-hydrogen) atoms. The van der Waals surface area contributed by atoms with Crippen molar-refractivity contribution in [2.75, 3.05) is 13.1 Å². The Morgan fingerprint density at radius 2 is 1.19 bits per heavy atom.